The van der Waals surface area contributed by atoms with E-state index in [1.165, 1.54) is 28.9 Å². The summed E-state index contributed by atoms with van der Waals surface area (Å²) >= 11 is 0. The second-order valence-corrected chi connectivity index (χ2v) is 6.14. The van der Waals surface area contributed by atoms with Crippen LogP contribution in [0.2, 0.25) is 0 Å². The molecule has 0 bridgehead atoms. The smallest absolute Gasteiger partial charge is 0.350 e. The molecule has 0 unspecified atom stereocenters. The zero-order valence-corrected chi connectivity index (χ0v) is 15.1. The Labute approximate surface area is 165 Å². The van der Waals surface area contributed by atoms with Crippen molar-refractivity contribution in [2.24, 2.45) is 0 Å². The SMILES string of the molecule is O=C(Nc1ccc(OC(=O)c2cnc3ccccn3c2=O)cc1)c1ccccc1. The Hall–Kier alpha value is -4.26. The Morgan fingerprint density at radius 2 is 1.62 bits per heavy atom. The molecule has 4 rings (SSSR count). The lowest BCUT2D eigenvalue weighted by atomic mass is 10.2. The summed E-state index contributed by atoms with van der Waals surface area (Å²) in [5.74, 6) is -0.808. The first-order chi connectivity index (χ1) is 14.1. The molecule has 0 aliphatic heterocycles. The Morgan fingerprint density at radius 3 is 2.38 bits per heavy atom. The largest absolute Gasteiger partial charge is 0.423 e. The zero-order chi connectivity index (χ0) is 20.2. The molecule has 0 atom stereocenters. The summed E-state index contributed by atoms with van der Waals surface area (Å²) < 4.78 is 6.55. The van der Waals surface area contributed by atoms with Gasteiger partial charge >= 0.3 is 5.97 Å². The van der Waals surface area contributed by atoms with E-state index >= 15 is 0 Å². The van der Waals surface area contributed by atoms with Crippen LogP contribution in [0.5, 0.6) is 5.75 Å². The van der Waals surface area contributed by atoms with Crippen LogP contribution in [-0.4, -0.2) is 21.3 Å². The predicted molar refractivity (Wildman–Crippen MR) is 107 cm³/mol. The van der Waals surface area contributed by atoms with Crippen molar-refractivity contribution in [3.63, 3.8) is 0 Å². The highest BCUT2D eigenvalue weighted by Gasteiger charge is 2.15. The van der Waals surface area contributed by atoms with Crippen molar-refractivity contribution >= 4 is 23.2 Å². The number of pyridine rings is 1. The molecule has 1 N–H and O–H groups in total. The monoisotopic (exact) mass is 385 g/mol. The molecule has 0 aliphatic rings. The molecule has 7 nitrogen and oxygen atoms in total. The van der Waals surface area contributed by atoms with Crippen molar-refractivity contribution in [1.82, 2.24) is 9.38 Å². The van der Waals surface area contributed by atoms with Crippen LogP contribution in [0.15, 0.2) is 90.0 Å². The fraction of sp³-hybridized carbons (Fsp3) is 0. The maximum Gasteiger partial charge on any atom is 0.350 e. The minimum atomic E-state index is -0.804. The van der Waals surface area contributed by atoms with Gasteiger partial charge in [-0.1, -0.05) is 24.3 Å². The van der Waals surface area contributed by atoms with Crippen molar-refractivity contribution < 1.29 is 14.3 Å². The first-order valence-corrected chi connectivity index (χ1v) is 8.77. The summed E-state index contributed by atoms with van der Waals surface area (Å²) in [4.78, 5) is 41.1. The lowest BCUT2D eigenvalue weighted by molar-refractivity contribution is 0.0732. The quantitative estimate of drug-likeness (QED) is 0.430. The molecular weight excluding hydrogens is 370 g/mol. The van der Waals surface area contributed by atoms with Crippen LogP contribution in [0.3, 0.4) is 0 Å². The molecule has 2 aromatic heterocycles. The standard InChI is InChI=1S/C22H15N3O4/c26-20(15-6-2-1-3-7-15)24-16-9-11-17(12-10-16)29-22(28)18-14-23-19-8-4-5-13-25(19)21(18)27/h1-14H,(H,24,26). The van der Waals surface area contributed by atoms with E-state index in [0.717, 1.165) is 0 Å². The average Bonchev–Trinajstić information content (AvgIpc) is 2.76. The van der Waals surface area contributed by atoms with E-state index in [4.69, 9.17) is 4.74 Å². The van der Waals surface area contributed by atoms with Crippen molar-refractivity contribution in [2.75, 3.05) is 5.32 Å². The molecule has 0 radical (unpaired) electrons. The van der Waals surface area contributed by atoms with E-state index in [0.29, 0.717) is 16.9 Å². The van der Waals surface area contributed by atoms with Gasteiger partial charge in [-0.3, -0.25) is 14.0 Å². The summed E-state index contributed by atoms with van der Waals surface area (Å²) in [7, 11) is 0. The van der Waals surface area contributed by atoms with E-state index in [1.807, 2.05) is 6.07 Å². The van der Waals surface area contributed by atoms with E-state index in [2.05, 4.69) is 10.3 Å². The number of rotatable bonds is 4. The van der Waals surface area contributed by atoms with Crippen LogP contribution in [0, 0.1) is 0 Å². The third-order valence-corrected chi connectivity index (χ3v) is 4.19. The van der Waals surface area contributed by atoms with E-state index in [9.17, 15) is 14.4 Å². The first kappa shape index (κ1) is 18.1. The number of hydrogen-bond donors (Lipinski definition) is 1. The molecule has 0 fully saturated rings. The minimum absolute atomic E-state index is 0.171. The van der Waals surface area contributed by atoms with Gasteiger partial charge < -0.3 is 10.1 Å². The van der Waals surface area contributed by atoms with Gasteiger partial charge in [-0.2, -0.15) is 0 Å². The maximum atomic E-state index is 12.4. The molecule has 2 aromatic carbocycles. The summed E-state index contributed by atoms with van der Waals surface area (Å²) in [5.41, 5.74) is 0.841. The zero-order valence-electron chi connectivity index (χ0n) is 15.1. The molecule has 0 spiro atoms. The second-order valence-electron chi connectivity index (χ2n) is 6.14. The third-order valence-electron chi connectivity index (χ3n) is 4.19. The van der Waals surface area contributed by atoms with E-state index < -0.39 is 11.5 Å². The van der Waals surface area contributed by atoms with Crippen LogP contribution < -0.4 is 15.6 Å². The molecule has 142 valence electrons. The Kier molecular flexibility index (Phi) is 4.86. The molecular formula is C22H15N3O4. The van der Waals surface area contributed by atoms with Gasteiger partial charge in [0.05, 0.1) is 0 Å². The van der Waals surface area contributed by atoms with Crippen molar-refractivity contribution in [1.29, 1.82) is 0 Å². The van der Waals surface area contributed by atoms with Crippen LogP contribution in [0.1, 0.15) is 20.7 Å². The highest BCUT2D eigenvalue weighted by molar-refractivity contribution is 6.04. The molecule has 29 heavy (non-hydrogen) atoms. The van der Waals surface area contributed by atoms with Crippen LogP contribution in [0.4, 0.5) is 5.69 Å². The normalized spacial score (nSPS) is 10.5. The van der Waals surface area contributed by atoms with Gasteiger partial charge in [0.1, 0.15) is 17.0 Å². The molecule has 7 heteroatoms. The number of fused-ring (bicyclic) bond motifs is 1. The number of ether oxygens (including phenoxy) is 1. The van der Waals surface area contributed by atoms with Gasteiger partial charge in [0.25, 0.3) is 11.5 Å². The second kappa shape index (κ2) is 7.77. The minimum Gasteiger partial charge on any atom is -0.423 e. The highest BCUT2D eigenvalue weighted by atomic mass is 16.5. The van der Waals surface area contributed by atoms with Gasteiger partial charge in [-0.05, 0) is 48.5 Å². The molecule has 4 aromatic rings. The Morgan fingerprint density at radius 1 is 0.897 bits per heavy atom. The van der Waals surface area contributed by atoms with Crippen LogP contribution in [0.25, 0.3) is 5.65 Å². The molecule has 2 heterocycles. The Balaban J connectivity index is 1.48. The predicted octanol–water partition coefficient (Wildman–Crippen LogP) is 3.17. The van der Waals surface area contributed by atoms with Gasteiger partial charge in [0.15, 0.2) is 0 Å². The highest BCUT2D eigenvalue weighted by Crippen LogP contribution is 2.17. The summed E-state index contributed by atoms with van der Waals surface area (Å²) in [6.45, 7) is 0. The lowest BCUT2D eigenvalue weighted by Crippen LogP contribution is -2.25. The number of carbonyl (C=O) groups excluding carboxylic acids is 2. The number of amides is 1. The fourth-order valence-electron chi connectivity index (χ4n) is 2.73. The van der Waals surface area contributed by atoms with E-state index in [1.54, 1.807) is 54.6 Å². The Bertz CT molecular complexity index is 1250. The summed E-state index contributed by atoms with van der Waals surface area (Å²) in [5, 5.41) is 2.76. The summed E-state index contributed by atoms with van der Waals surface area (Å²) in [6.07, 6.45) is 2.74. The third kappa shape index (κ3) is 3.89. The number of carbonyl (C=O) groups is 2. The van der Waals surface area contributed by atoms with Crippen molar-refractivity contribution in [3.05, 3.63) is 107 Å². The molecule has 1 amide bonds. The van der Waals surface area contributed by atoms with Gasteiger partial charge in [0.2, 0.25) is 0 Å². The number of aromatic nitrogens is 2. The lowest BCUT2D eigenvalue weighted by Gasteiger charge is -2.08. The summed E-state index contributed by atoms with van der Waals surface area (Å²) in [6, 6.07) is 20.2. The fourth-order valence-corrected chi connectivity index (χ4v) is 2.73. The number of benzene rings is 2. The number of nitrogens with zero attached hydrogens (tertiary/aromatic N) is 2. The van der Waals surface area contributed by atoms with Crippen LogP contribution >= 0.6 is 0 Å². The molecule has 0 aliphatic carbocycles. The number of hydrogen-bond acceptors (Lipinski definition) is 5. The number of anilines is 1. The van der Waals surface area contributed by atoms with E-state index in [-0.39, 0.29) is 17.2 Å². The van der Waals surface area contributed by atoms with Gasteiger partial charge in [-0.15, -0.1) is 0 Å². The molecule has 0 saturated carbocycles. The number of nitrogens with one attached hydrogen (secondary N) is 1. The topological polar surface area (TPSA) is 89.8 Å². The van der Waals surface area contributed by atoms with Crippen molar-refractivity contribution in [2.45, 2.75) is 0 Å². The maximum absolute atomic E-state index is 12.4. The van der Waals surface area contributed by atoms with Crippen LogP contribution in [-0.2, 0) is 0 Å². The first-order valence-electron chi connectivity index (χ1n) is 8.77. The molecule has 0 saturated heterocycles. The number of esters is 1. The van der Waals surface area contributed by atoms with Crippen molar-refractivity contribution in [3.8, 4) is 5.75 Å². The average molecular weight is 385 g/mol. The van der Waals surface area contributed by atoms with Gasteiger partial charge in [0, 0.05) is 23.6 Å². The van der Waals surface area contributed by atoms with Gasteiger partial charge in [-0.25, -0.2) is 9.78 Å².